The van der Waals surface area contributed by atoms with Crippen LogP contribution in [-0.2, 0) is 6.18 Å². The van der Waals surface area contributed by atoms with E-state index in [0.29, 0.717) is 5.56 Å². The number of halogens is 3. The number of rotatable bonds is 4. The molecule has 0 unspecified atom stereocenters. The Hall–Kier alpha value is -2.57. The SMILES string of the molecule is CNN=Cc1ccc(-c2cc(C(F)(F)F)cc(N(C)C)n2)cc1. The predicted molar refractivity (Wildman–Crippen MR) is 85.7 cm³/mol. The molecule has 0 saturated carbocycles. The lowest BCUT2D eigenvalue weighted by atomic mass is 10.1. The highest BCUT2D eigenvalue weighted by Gasteiger charge is 2.32. The first kappa shape index (κ1) is 16.8. The lowest BCUT2D eigenvalue weighted by Gasteiger charge is -2.16. The zero-order valence-electron chi connectivity index (χ0n) is 13.0. The smallest absolute Gasteiger partial charge is 0.363 e. The number of hydrogen-bond donors (Lipinski definition) is 1. The maximum absolute atomic E-state index is 13.1. The molecular weight excluding hydrogens is 305 g/mol. The van der Waals surface area contributed by atoms with E-state index >= 15 is 0 Å². The molecule has 1 N–H and O–H groups in total. The molecule has 1 aromatic carbocycles. The Balaban J connectivity index is 2.45. The lowest BCUT2D eigenvalue weighted by molar-refractivity contribution is -0.137. The third-order valence-electron chi connectivity index (χ3n) is 3.15. The minimum atomic E-state index is -4.41. The number of hydrazone groups is 1. The number of nitrogens with one attached hydrogen (secondary N) is 1. The van der Waals surface area contributed by atoms with Gasteiger partial charge in [0.05, 0.1) is 17.5 Å². The van der Waals surface area contributed by atoms with Gasteiger partial charge in [0.25, 0.3) is 0 Å². The number of anilines is 1. The summed E-state index contributed by atoms with van der Waals surface area (Å²) in [6.45, 7) is 0. The van der Waals surface area contributed by atoms with Gasteiger partial charge in [-0.25, -0.2) is 4.98 Å². The number of benzene rings is 1. The van der Waals surface area contributed by atoms with Crippen LogP contribution in [0.5, 0.6) is 0 Å². The number of pyridine rings is 1. The summed E-state index contributed by atoms with van der Waals surface area (Å²) in [6, 6.07) is 9.08. The molecule has 0 spiro atoms. The van der Waals surface area contributed by atoms with Gasteiger partial charge in [0.15, 0.2) is 0 Å². The number of hydrogen-bond acceptors (Lipinski definition) is 4. The van der Waals surface area contributed by atoms with Gasteiger partial charge in [-0.3, -0.25) is 0 Å². The minimum absolute atomic E-state index is 0.260. The zero-order valence-corrected chi connectivity index (χ0v) is 13.0. The van der Waals surface area contributed by atoms with Gasteiger partial charge >= 0.3 is 6.18 Å². The van der Waals surface area contributed by atoms with Crippen LogP contribution in [0.15, 0.2) is 41.5 Å². The molecule has 0 amide bonds. The van der Waals surface area contributed by atoms with Crippen LogP contribution in [-0.4, -0.2) is 32.3 Å². The van der Waals surface area contributed by atoms with Crippen LogP contribution in [0.25, 0.3) is 11.3 Å². The maximum atomic E-state index is 13.1. The number of nitrogens with zero attached hydrogens (tertiary/aromatic N) is 3. The molecule has 4 nitrogen and oxygen atoms in total. The van der Waals surface area contributed by atoms with Crippen LogP contribution >= 0.6 is 0 Å². The molecule has 0 aliphatic rings. The Labute approximate surface area is 132 Å². The molecule has 0 radical (unpaired) electrons. The average Bonchev–Trinajstić information content (AvgIpc) is 2.52. The largest absolute Gasteiger partial charge is 0.416 e. The van der Waals surface area contributed by atoms with Crippen molar-refractivity contribution >= 4 is 12.0 Å². The van der Waals surface area contributed by atoms with E-state index in [9.17, 15) is 13.2 Å². The van der Waals surface area contributed by atoms with Crippen molar-refractivity contribution in [2.45, 2.75) is 6.18 Å². The fourth-order valence-electron chi connectivity index (χ4n) is 1.94. The molecule has 0 aliphatic carbocycles. The van der Waals surface area contributed by atoms with E-state index < -0.39 is 11.7 Å². The molecule has 1 aromatic heterocycles. The van der Waals surface area contributed by atoms with Crippen LogP contribution in [0.3, 0.4) is 0 Å². The summed E-state index contributed by atoms with van der Waals surface area (Å²) in [5.41, 5.74) is 3.64. The van der Waals surface area contributed by atoms with E-state index in [1.165, 1.54) is 0 Å². The van der Waals surface area contributed by atoms with Gasteiger partial charge in [0.1, 0.15) is 5.82 Å². The summed E-state index contributed by atoms with van der Waals surface area (Å²) < 4.78 is 39.2. The molecule has 1 heterocycles. The van der Waals surface area contributed by atoms with Crippen LogP contribution in [0.2, 0.25) is 0 Å². The van der Waals surface area contributed by atoms with Crippen molar-refractivity contribution in [2.75, 3.05) is 26.0 Å². The quantitative estimate of drug-likeness (QED) is 0.693. The van der Waals surface area contributed by atoms with Crippen molar-refractivity contribution < 1.29 is 13.2 Å². The molecule has 122 valence electrons. The fourth-order valence-corrected chi connectivity index (χ4v) is 1.94. The van der Waals surface area contributed by atoms with Gasteiger partial charge < -0.3 is 10.3 Å². The normalized spacial score (nSPS) is 11.7. The minimum Gasteiger partial charge on any atom is -0.363 e. The van der Waals surface area contributed by atoms with Gasteiger partial charge in [-0.2, -0.15) is 18.3 Å². The first-order chi connectivity index (χ1) is 10.8. The van der Waals surface area contributed by atoms with Crippen LogP contribution < -0.4 is 10.3 Å². The Morgan fingerprint density at radius 1 is 1.13 bits per heavy atom. The highest BCUT2D eigenvalue weighted by atomic mass is 19.4. The van der Waals surface area contributed by atoms with Crippen molar-refractivity contribution in [1.82, 2.24) is 10.4 Å². The van der Waals surface area contributed by atoms with E-state index in [0.717, 1.165) is 17.7 Å². The summed E-state index contributed by atoms with van der Waals surface area (Å²) in [5, 5.41) is 3.88. The van der Waals surface area contributed by atoms with Gasteiger partial charge in [-0.1, -0.05) is 24.3 Å². The van der Waals surface area contributed by atoms with Crippen molar-refractivity contribution in [1.29, 1.82) is 0 Å². The average molecular weight is 322 g/mol. The van der Waals surface area contributed by atoms with E-state index in [2.05, 4.69) is 15.5 Å². The maximum Gasteiger partial charge on any atom is 0.416 e. The topological polar surface area (TPSA) is 40.5 Å². The van der Waals surface area contributed by atoms with E-state index in [1.54, 1.807) is 56.5 Å². The fraction of sp³-hybridized carbons (Fsp3) is 0.250. The summed E-state index contributed by atoms with van der Waals surface area (Å²) in [5.74, 6) is 0.260. The van der Waals surface area contributed by atoms with E-state index in [1.807, 2.05) is 0 Å². The van der Waals surface area contributed by atoms with Gasteiger partial charge in [-0.05, 0) is 17.7 Å². The standard InChI is InChI=1S/C16H17F3N4/c1-20-21-10-11-4-6-12(7-5-11)14-8-13(16(17,18)19)9-15(22-14)23(2)3/h4-10,20H,1-3H3. The Bertz CT molecular complexity index is 691. The van der Waals surface area contributed by atoms with Crippen molar-refractivity contribution in [3.8, 4) is 11.3 Å². The molecule has 0 atom stereocenters. The zero-order chi connectivity index (χ0) is 17.0. The van der Waals surface area contributed by atoms with Crippen molar-refractivity contribution in [3.05, 3.63) is 47.5 Å². The summed E-state index contributed by atoms with van der Waals surface area (Å²) in [4.78, 5) is 5.84. The molecule has 2 aromatic rings. The molecule has 7 heteroatoms. The van der Waals surface area contributed by atoms with Crippen molar-refractivity contribution in [2.24, 2.45) is 5.10 Å². The van der Waals surface area contributed by atoms with Crippen LogP contribution in [0, 0.1) is 0 Å². The number of alkyl halides is 3. The number of aromatic nitrogens is 1. The Morgan fingerprint density at radius 3 is 2.30 bits per heavy atom. The second kappa shape index (κ2) is 6.68. The summed E-state index contributed by atoms with van der Waals surface area (Å²) in [6.07, 6.45) is -2.80. The second-order valence-corrected chi connectivity index (χ2v) is 5.10. The van der Waals surface area contributed by atoms with Gasteiger partial charge in [0, 0.05) is 26.7 Å². The van der Waals surface area contributed by atoms with E-state index in [-0.39, 0.29) is 11.5 Å². The van der Waals surface area contributed by atoms with Crippen molar-refractivity contribution in [3.63, 3.8) is 0 Å². The molecule has 0 bridgehead atoms. The first-order valence-electron chi connectivity index (χ1n) is 6.88. The molecule has 0 saturated heterocycles. The summed E-state index contributed by atoms with van der Waals surface area (Å²) in [7, 11) is 4.99. The highest BCUT2D eigenvalue weighted by Crippen LogP contribution is 2.33. The third-order valence-corrected chi connectivity index (χ3v) is 3.15. The molecule has 23 heavy (non-hydrogen) atoms. The summed E-state index contributed by atoms with van der Waals surface area (Å²) >= 11 is 0. The lowest BCUT2D eigenvalue weighted by Crippen LogP contribution is -2.14. The second-order valence-electron chi connectivity index (χ2n) is 5.10. The molecule has 2 rings (SSSR count). The predicted octanol–water partition coefficient (Wildman–Crippen LogP) is 3.39. The monoisotopic (exact) mass is 322 g/mol. The first-order valence-corrected chi connectivity index (χ1v) is 6.88. The molecular formula is C16H17F3N4. The van der Waals surface area contributed by atoms with Crippen LogP contribution in [0.4, 0.5) is 19.0 Å². The Kier molecular flexibility index (Phi) is 4.88. The molecule has 0 fully saturated rings. The van der Waals surface area contributed by atoms with Gasteiger partial charge in [0.2, 0.25) is 0 Å². The van der Waals surface area contributed by atoms with E-state index in [4.69, 9.17) is 0 Å². The van der Waals surface area contributed by atoms with Gasteiger partial charge in [-0.15, -0.1) is 0 Å². The molecule has 0 aliphatic heterocycles. The highest BCUT2D eigenvalue weighted by molar-refractivity contribution is 5.80. The van der Waals surface area contributed by atoms with Crippen LogP contribution in [0.1, 0.15) is 11.1 Å². The Morgan fingerprint density at radius 2 is 1.78 bits per heavy atom. The third kappa shape index (κ3) is 4.21.